The van der Waals surface area contributed by atoms with Crippen molar-refractivity contribution in [2.24, 2.45) is 0 Å². The second kappa shape index (κ2) is 9.61. The standard InChI is InChI=1S/C29H19Br2N3O3/c30-20-12-24(31)28(32-14-20)34-16-23-26(37-25-8-4-3-7-22(25)27(23)35)13-21(34)15-33-29(36)19-10-9-17-5-1-2-6-18(17)11-19/h1-14,16,26H,15H2,(H,33,36)/t26-/m0/s1. The van der Waals surface area contributed by atoms with E-state index in [0.717, 1.165) is 25.4 Å². The zero-order chi connectivity index (χ0) is 25.5. The zero-order valence-corrected chi connectivity index (χ0v) is 22.5. The van der Waals surface area contributed by atoms with E-state index in [2.05, 4.69) is 42.2 Å². The smallest absolute Gasteiger partial charge is 0.251 e. The Bertz CT molecular complexity index is 1650. The van der Waals surface area contributed by atoms with Crippen LogP contribution < -0.4 is 15.0 Å². The van der Waals surface area contributed by atoms with Crippen LogP contribution >= 0.6 is 31.9 Å². The van der Waals surface area contributed by atoms with E-state index in [0.29, 0.717) is 28.3 Å². The maximum Gasteiger partial charge on any atom is 0.251 e. The SMILES string of the molecule is O=C(NCC1=C[C@@H]2Oc3ccccc3C(=O)C2=CN1c1ncc(Br)cc1Br)c1ccc2ccccc2c1. The minimum atomic E-state index is -0.569. The third kappa shape index (κ3) is 4.47. The molecule has 1 amide bonds. The van der Waals surface area contributed by atoms with E-state index in [1.165, 1.54) is 0 Å². The number of nitrogens with one attached hydrogen (secondary N) is 1. The van der Waals surface area contributed by atoms with Gasteiger partial charge in [0.1, 0.15) is 11.9 Å². The molecule has 0 fully saturated rings. The van der Waals surface area contributed by atoms with E-state index in [1.54, 1.807) is 24.5 Å². The van der Waals surface area contributed by atoms with Crippen LogP contribution in [-0.4, -0.2) is 29.3 Å². The molecule has 4 aromatic rings. The number of ketones is 1. The van der Waals surface area contributed by atoms with Gasteiger partial charge < -0.3 is 15.0 Å². The lowest BCUT2D eigenvalue weighted by Crippen LogP contribution is -2.39. The third-order valence-corrected chi connectivity index (χ3v) is 7.35. The highest BCUT2D eigenvalue weighted by Gasteiger charge is 2.35. The number of benzene rings is 3. The van der Waals surface area contributed by atoms with E-state index < -0.39 is 6.10 Å². The van der Waals surface area contributed by atoms with Crippen molar-refractivity contribution in [1.29, 1.82) is 0 Å². The van der Waals surface area contributed by atoms with Crippen molar-refractivity contribution >= 4 is 60.1 Å². The van der Waals surface area contributed by atoms with Gasteiger partial charge in [-0.25, -0.2) is 4.98 Å². The Morgan fingerprint density at radius 1 is 1.00 bits per heavy atom. The highest BCUT2D eigenvalue weighted by molar-refractivity contribution is 9.11. The van der Waals surface area contributed by atoms with Gasteiger partial charge in [0, 0.05) is 28.1 Å². The summed E-state index contributed by atoms with van der Waals surface area (Å²) in [6, 6.07) is 22.6. The molecule has 2 aliphatic heterocycles. The molecule has 0 radical (unpaired) electrons. The van der Waals surface area contributed by atoms with Gasteiger partial charge >= 0.3 is 0 Å². The summed E-state index contributed by atoms with van der Waals surface area (Å²) in [5, 5.41) is 5.09. The number of Topliss-reactive ketones (excluding diaryl/α,β-unsaturated/α-hetero) is 1. The fraction of sp³-hybridized carbons (Fsp3) is 0.0690. The molecule has 6 nitrogen and oxygen atoms in total. The summed E-state index contributed by atoms with van der Waals surface area (Å²) in [7, 11) is 0. The van der Waals surface area contributed by atoms with Crippen molar-refractivity contribution < 1.29 is 14.3 Å². The maximum atomic E-state index is 13.3. The van der Waals surface area contributed by atoms with Gasteiger partial charge in [0.15, 0.2) is 11.6 Å². The maximum absolute atomic E-state index is 13.3. The van der Waals surface area contributed by atoms with Crippen LogP contribution in [0.5, 0.6) is 5.75 Å². The molecule has 37 heavy (non-hydrogen) atoms. The first kappa shape index (κ1) is 23.6. The topological polar surface area (TPSA) is 71.5 Å². The molecule has 1 N–H and O–H groups in total. The fourth-order valence-corrected chi connectivity index (χ4v) is 5.68. The van der Waals surface area contributed by atoms with Crippen molar-refractivity contribution in [2.75, 3.05) is 11.4 Å². The van der Waals surface area contributed by atoms with Crippen LogP contribution in [0.2, 0.25) is 0 Å². The number of rotatable bonds is 4. The predicted molar refractivity (Wildman–Crippen MR) is 150 cm³/mol. The van der Waals surface area contributed by atoms with Crippen molar-refractivity contribution in [3.63, 3.8) is 0 Å². The summed E-state index contributed by atoms with van der Waals surface area (Å²) in [4.78, 5) is 32.8. The zero-order valence-electron chi connectivity index (χ0n) is 19.3. The van der Waals surface area contributed by atoms with Gasteiger partial charge in [-0.2, -0.15) is 0 Å². The number of hydrogen-bond donors (Lipinski definition) is 1. The number of halogens is 2. The number of carbonyl (C=O) groups is 2. The fourth-order valence-electron chi connectivity index (χ4n) is 4.50. The quantitative estimate of drug-likeness (QED) is 0.286. The van der Waals surface area contributed by atoms with E-state index in [1.807, 2.05) is 71.6 Å². The molecule has 8 heteroatoms. The largest absolute Gasteiger partial charge is 0.481 e. The molecule has 6 rings (SSSR count). The van der Waals surface area contributed by atoms with Crippen LogP contribution in [0.1, 0.15) is 20.7 Å². The Labute approximate surface area is 229 Å². The average Bonchev–Trinajstić information content (AvgIpc) is 2.91. The number of fused-ring (bicyclic) bond motifs is 3. The minimum Gasteiger partial charge on any atom is -0.481 e. The minimum absolute atomic E-state index is 0.0967. The summed E-state index contributed by atoms with van der Waals surface area (Å²) in [6.45, 7) is 0.204. The molecule has 3 aromatic carbocycles. The van der Waals surface area contributed by atoms with Crippen molar-refractivity contribution in [1.82, 2.24) is 10.3 Å². The van der Waals surface area contributed by atoms with Gasteiger partial charge in [0.05, 0.1) is 22.2 Å². The Kier molecular flexibility index (Phi) is 6.14. The van der Waals surface area contributed by atoms with Crippen LogP contribution in [0.25, 0.3) is 10.8 Å². The summed E-state index contributed by atoms with van der Waals surface area (Å²) >= 11 is 7.02. The molecule has 0 unspecified atom stereocenters. The molecule has 0 spiro atoms. The van der Waals surface area contributed by atoms with Crippen LogP contribution in [0.3, 0.4) is 0 Å². The van der Waals surface area contributed by atoms with Crippen LogP contribution in [0.4, 0.5) is 5.82 Å². The highest BCUT2D eigenvalue weighted by Crippen LogP contribution is 2.37. The number of para-hydroxylation sites is 1. The lowest BCUT2D eigenvalue weighted by molar-refractivity contribution is 0.0951. The van der Waals surface area contributed by atoms with Gasteiger partial charge in [-0.3, -0.25) is 9.59 Å². The first-order valence-electron chi connectivity index (χ1n) is 11.6. The molecule has 0 saturated heterocycles. The molecule has 1 atom stereocenters. The van der Waals surface area contributed by atoms with E-state index in [9.17, 15) is 9.59 Å². The molecule has 0 bridgehead atoms. The molecular weight excluding hydrogens is 598 g/mol. The van der Waals surface area contributed by atoms with Crippen molar-refractivity contribution in [3.05, 3.63) is 123 Å². The van der Waals surface area contributed by atoms with Crippen molar-refractivity contribution in [3.8, 4) is 5.75 Å². The normalized spacial score (nSPS) is 16.3. The van der Waals surface area contributed by atoms with Gasteiger partial charge in [0.25, 0.3) is 5.91 Å². The predicted octanol–water partition coefficient (Wildman–Crippen LogP) is 6.42. The third-order valence-electron chi connectivity index (χ3n) is 6.33. The van der Waals surface area contributed by atoms with Gasteiger partial charge in [0.2, 0.25) is 0 Å². The lowest BCUT2D eigenvalue weighted by atomic mass is 9.93. The molecular formula is C29H19Br2N3O3. The average molecular weight is 617 g/mol. The molecule has 1 aromatic heterocycles. The van der Waals surface area contributed by atoms with Gasteiger partial charge in [-0.05, 0) is 79.0 Å². The van der Waals surface area contributed by atoms with Gasteiger partial charge in [-0.15, -0.1) is 0 Å². The van der Waals surface area contributed by atoms with Crippen LogP contribution in [-0.2, 0) is 0 Å². The number of carbonyl (C=O) groups excluding carboxylic acids is 2. The van der Waals surface area contributed by atoms with E-state index in [-0.39, 0.29) is 18.2 Å². The summed E-state index contributed by atoms with van der Waals surface area (Å²) < 4.78 is 7.71. The number of amides is 1. The number of pyridine rings is 1. The number of ether oxygens (including phenoxy) is 1. The Morgan fingerprint density at radius 2 is 1.78 bits per heavy atom. The first-order chi connectivity index (χ1) is 18.0. The van der Waals surface area contributed by atoms with Gasteiger partial charge in [-0.1, -0.05) is 42.5 Å². The molecule has 0 saturated carbocycles. The summed E-state index contributed by atoms with van der Waals surface area (Å²) in [5.41, 5.74) is 2.32. The number of anilines is 1. The van der Waals surface area contributed by atoms with Crippen LogP contribution in [0, 0.1) is 0 Å². The molecule has 2 aliphatic rings. The second-order valence-corrected chi connectivity index (χ2v) is 10.4. The number of aromatic nitrogens is 1. The lowest BCUT2D eigenvalue weighted by Gasteiger charge is -2.34. The number of nitrogens with zero attached hydrogens (tertiary/aromatic N) is 2. The highest BCUT2D eigenvalue weighted by atomic mass is 79.9. The Morgan fingerprint density at radius 3 is 2.62 bits per heavy atom. The Balaban J connectivity index is 1.33. The first-order valence-corrected chi connectivity index (χ1v) is 13.2. The monoisotopic (exact) mass is 615 g/mol. The molecule has 3 heterocycles. The summed E-state index contributed by atoms with van der Waals surface area (Å²) in [5.74, 6) is 0.838. The summed E-state index contributed by atoms with van der Waals surface area (Å²) in [6.07, 6.45) is 4.73. The molecule has 0 aliphatic carbocycles. The van der Waals surface area contributed by atoms with E-state index >= 15 is 0 Å². The van der Waals surface area contributed by atoms with E-state index in [4.69, 9.17) is 4.74 Å². The Hall–Kier alpha value is -3.75. The second-order valence-electron chi connectivity index (χ2n) is 8.68. The number of hydrogen-bond acceptors (Lipinski definition) is 5. The van der Waals surface area contributed by atoms with Crippen LogP contribution in [0.15, 0.2) is 111 Å². The van der Waals surface area contributed by atoms with Crippen molar-refractivity contribution in [2.45, 2.75) is 6.10 Å². The molecule has 182 valence electrons.